The maximum absolute atomic E-state index is 5.91. The van der Waals surface area contributed by atoms with Crippen molar-refractivity contribution in [2.24, 2.45) is 4.99 Å². The van der Waals surface area contributed by atoms with Gasteiger partial charge in [0, 0.05) is 31.7 Å². The number of halogens is 1. The predicted octanol–water partition coefficient (Wildman–Crippen LogP) is 3.31. The summed E-state index contributed by atoms with van der Waals surface area (Å²) in [5.74, 6) is 0.812. The van der Waals surface area contributed by atoms with E-state index >= 15 is 0 Å². The zero-order valence-corrected chi connectivity index (χ0v) is 16.0. The normalized spacial score (nSPS) is 11.6. The van der Waals surface area contributed by atoms with Crippen LogP contribution in [0.4, 0.5) is 0 Å². The Morgan fingerprint density at radius 2 is 1.72 bits per heavy atom. The smallest absolute Gasteiger partial charge is 0.191 e. The van der Waals surface area contributed by atoms with Crippen LogP contribution in [0.5, 0.6) is 0 Å². The van der Waals surface area contributed by atoms with E-state index in [0.29, 0.717) is 0 Å². The van der Waals surface area contributed by atoms with Crippen molar-refractivity contribution >= 4 is 17.6 Å². The summed E-state index contributed by atoms with van der Waals surface area (Å²) in [6.45, 7) is 2.52. The van der Waals surface area contributed by atoms with Crippen LogP contribution in [0.15, 0.2) is 53.5 Å². The molecule has 0 spiro atoms. The van der Waals surface area contributed by atoms with Gasteiger partial charge in [0.15, 0.2) is 5.96 Å². The molecule has 0 bridgehead atoms. The van der Waals surface area contributed by atoms with Crippen molar-refractivity contribution in [1.82, 2.24) is 15.5 Å². The quantitative estimate of drug-likeness (QED) is 0.589. The number of hydrogen-bond acceptors (Lipinski definition) is 2. The summed E-state index contributed by atoms with van der Waals surface area (Å²) < 4.78 is 0. The number of nitrogens with one attached hydrogen (secondary N) is 2. The lowest BCUT2D eigenvalue weighted by atomic mass is 10.1. The first kappa shape index (κ1) is 19.3. The zero-order chi connectivity index (χ0) is 18.1. The van der Waals surface area contributed by atoms with Gasteiger partial charge in [-0.1, -0.05) is 48.0 Å². The zero-order valence-electron chi connectivity index (χ0n) is 15.2. The predicted molar refractivity (Wildman–Crippen MR) is 107 cm³/mol. The highest BCUT2D eigenvalue weighted by Crippen LogP contribution is 2.09. The van der Waals surface area contributed by atoms with Crippen LogP contribution >= 0.6 is 11.6 Å². The molecular formula is C20H27ClN4. The lowest BCUT2D eigenvalue weighted by Crippen LogP contribution is -2.37. The van der Waals surface area contributed by atoms with Gasteiger partial charge < -0.3 is 15.5 Å². The number of aliphatic imine (C=N–C) groups is 1. The summed E-state index contributed by atoms with van der Waals surface area (Å²) in [7, 11) is 5.95. The van der Waals surface area contributed by atoms with Crippen LogP contribution in [-0.2, 0) is 19.5 Å². The van der Waals surface area contributed by atoms with Gasteiger partial charge in [0.05, 0.1) is 0 Å². The van der Waals surface area contributed by atoms with Crippen molar-refractivity contribution < 1.29 is 0 Å². The molecule has 0 aliphatic carbocycles. The average molecular weight is 359 g/mol. The first-order valence-corrected chi connectivity index (χ1v) is 8.86. The minimum Gasteiger partial charge on any atom is -0.356 e. The van der Waals surface area contributed by atoms with Crippen molar-refractivity contribution in [1.29, 1.82) is 0 Å². The van der Waals surface area contributed by atoms with Gasteiger partial charge in [0.2, 0.25) is 0 Å². The molecule has 0 atom stereocenters. The minimum atomic E-state index is 0.752. The van der Waals surface area contributed by atoms with Gasteiger partial charge in [-0.15, -0.1) is 0 Å². The summed E-state index contributed by atoms with van der Waals surface area (Å²) in [5.41, 5.74) is 3.82. The Bertz CT molecular complexity index is 680. The SMILES string of the molecule is CN=C(NCCc1ccc(Cl)cc1)NCc1cccc(CN(C)C)c1. The summed E-state index contributed by atoms with van der Waals surface area (Å²) in [6.07, 6.45) is 0.927. The molecule has 2 aromatic rings. The fraction of sp³-hybridized carbons (Fsp3) is 0.350. The molecule has 0 saturated heterocycles. The van der Waals surface area contributed by atoms with Gasteiger partial charge in [-0.2, -0.15) is 0 Å². The molecule has 0 amide bonds. The van der Waals surface area contributed by atoms with Crippen molar-refractivity contribution in [2.75, 3.05) is 27.7 Å². The van der Waals surface area contributed by atoms with Crippen molar-refractivity contribution in [3.8, 4) is 0 Å². The highest BCUT2D eigenvalue weighted by Gasteiger charge is 2.01. The van der Waals surface area contributed by atoms with E-state index in [2.05, 4.69) is 71.0 Å². The maximum Gasteiger partial charge on any atom is 0.191 e. The van der Waals surface area contributed by atoms with Gasteiger partial charge in [0.25, 0.3) is 0 Å². The van der Waals surface area contributed by atoms with E-state index in [4.69, 9.17) is 11.6 Å². The van der Waals surface area contributed by atoms with Gasteiger partial charge in [0.1, 0.15) is 0 Å². The fourth-order valence-electron chi connectivity index (χ4n) is 2.59. The van der Waals surface area contributed by atoms with E-state index in [1.165, 1.54) is 16.7 Å². The molecule has 5 heteroatoms. The number of guanidine groups is 1. The Kier molecular flexibility index (Phi) is 7.76. The van der Waals surface area contributed by atoms with Crippen LogP contribution in [0.3, 0.4) is 0 Å². The van der Waals surface area contributed by atoms with Crippen LogP contribution in [0.1, 0.15) is 16.7 Å². The number of nitrogens with zero attached hydrogens (tertiary/aromatic N) is 2. The third-order valence-corrected chi connectivity index (χ3v) is 4.05. The molecule has 4 nitrogen and oxygen atoms in total. The molecule has 0 saturated carbocycles. The second-order valence-electron chi connectivity index (χ2n) is 6.29. The molecule has 0 aromatic heterocycles. The van der Waals surface area contributed by atoms with Crippen LogP contribution in [0, 0.1) is 0 Å². The molecule has 0 heterocycles. The van der Waals surface area contributed by atoms with Crippen molar-refractivity contribution in [3.63, 3.8) is 0 Å². The number of rotatable bonds is 7. The van der Waals surface area contributed by atoms with E-state index in [1.807, 2.05) is 12.1 Å². The molecule has 2 rings (SSSR count). The van der Waals surface area contributed by atoms with Crippen LogP contribution in [0.2, 0.25) is 5.02 Å². The molecule has 2 aromatic carbocycles. The maximum atomic E-state index is 5.91. The molecule has 0 fully saturated rings. The second-order valence-corrected chi connectivity index (χ2v) is 6.72. The lowest BCUT2D eigenvalue weighted by molar-refractivity contribution is 0.402. The fourth-order valence-corrected chi connectivity index (χ4v) is 2.71. The highest BCUT2D eigenvalue weighted by molar-refractivity contribution is 6.30. The first-order chi connectivity index (χ1) is 12.1. The lowest BCUT2D eigenvalue weighted by Gasteiger charge is -2.14. The van der Waals surface area contributed by atoms with E-state index in [0.717, 1.165) is 37.0 Å². The molecule has 0 radical (unpaired) electrons. The standard InChI is InChI=1S/C20H27ClN4/c1-22-20(23-12-11-16-7-9-19(21)10-8-16)24-14-17-5-4-6-18(13-17)15-25(2)3/h4-10,13H,11-12,14-15H2,1-3H3,(H2,22,23,24). The van der Waals surface area contributed by atoms with Gasteiger partial charge in [-0.25, -0.2) is 0 Å². The van der Waals surface area contributed by atoms with E-state index in [9.17, 15) is 0 Å². The molecule has 134 valence electrons. The summed E-state index contributed by atoms with van der Waals surface area (Å²) in [6, 6.07) is 16.6. The second kappa shape index (κ2) is 10.1. The number of benzene rings is 2. The monoisotopic (exact) mass is 358 g/mol. The van der Waals surface area contributed by atoms with Crippen molar-refractivity contribution in [3.05, 3.63) is 70.2 Å². The molecule has 0 aliphatic heterocycles. The third kappa shape index (κ3) is 7.16. The number of hydrogen-bond donors (Lipinski definition) is 2. The highest BCUT2D eigenvalue weighted by atomic mass is 35.5. The summed E-state index contributed by atoms with van der Waals surface area (Å²) in [5, 5.41) is 7.48. The van der Waals surface area contributed by atoms with Gasteiger partial charge in [-0.05, 0) is 49.3 Å². The Labute approximate surface area is 155 Å². The van der Waals surface area contributed by atoms with E-state index < -0.39 is 0 Å². The molecule has 0 aliphatic rings. The Hall–Kier alpha value is -2.04. The van der Waals surface area contributed by atoms with E-state index in [1.54, 1.807) is 7.05 Å². The summed E-state index contributed by atoms with van der Waals surface area (Å²) in [4.78, 5) is 6.45. The molecular weight excluding hydrogens is 332 g/mol. The Balaban J connectivity index is 1.79. The minimum absolute atomic E-state index is 0.752. The van der Waals surface area contributed by atoms with Crippen molar-refractivity contribution in [2.45, 2.75) is 19.5 Å². The molecule has 25 heavy (non-hydrogen) atoms. The molecule has 0 unspecified atom stereocenters. The van der Waals surface area contributed by atoms with Crippen LogP contribution < -0.4 is 10.6 Å². The third-order valence-electron chi connectivity index (χ3n) is 3.79. The first-order valence-electron chi connectivity index (χ1n) is 8.48. The molecule has 2 N–H and O–H groups in total. The summed E-state index contributed by atoms with van der Waals surface area (Å²) >= 11 is 5.91. The van der Waals surface area contributed by atoms with E-state index in [-0.39, 0.29) is 0 Å². The van der Waals surface area contributed by atoms with Gasteiger partial charge >= 0.3 is 0 Å². The van der Waals surface area contributed by atoms with Gasteiger partial charge in [-0.3, -0.25) is 4.99 Å². The topological polar surface area (TPSA) is 39.7 Å². The Morgan fingerprint density at radius 3 is 2.40 bits per heavy atom. The Morgan fingerprint density at radius 1 is 1.00 bits per heavy atom. The van der Waals surface area contributed by atoms with Crippen LogP contribution in [0.25, 0.3) is 0 Å². The van der Waals surface area contributed by atoms with Crippen LogP contribution in [-0.4, -0.2) is 38.5 Å². The largest absolute Gasteiger partial charge is 0.356 e. The average Bonchev–Trinajstić information content (AvgIpc) is 2.59.